The molecule has 2 atom stereocenters. The molecule has 76 valence electrons. The number of ether oxygens (including phenoxy) is 1. The van der Waals surface area contributed by atoms with Gasteiger partial charge >= 0.3 is 0 Å². The molecular formula is C9H19N3O. The van der Waals surface area contributed by atoms with Crippen LogP contribution in [0, 0.1) is 0 Å². The van der Waals surface area contributed by atoms with Gasteiger partial charge in [0, 0.05) is 13.1 Å². The Kier molecular flexibility index (Phi) is 4.38. The summed E-state index contributed by atoms with van der Waals surface area (Å²) in [5.74, 6) is 5.44. The maximum absolute atomic E-state index is 5.62. The third kappa shape index (κ3) is 3.08. The molecule has 1 aliphatic heterocycles. The van der Waals surface area contributed by atoms with E-state index in [2.05, 4.69) is 24.0 Å². The van der Waals surface area contributed by atoms with Crippen LogP contribution in [0.1, 0.15) is 6.42 Å². The molecule has 0 aromatic carbocycles. The van der Waals surface area contributed by atoms with Crippen molar-refractivity contribution in [2.24, 2.45) is 5.84 Å². The first-order valence-electron chi connectivity index (χ1n) is 4.65. The summed E-state index contributed by atoms with van der Waals surface area (Å²) in [6.07, 6.45) is 2.89. The van der Waals surface area contributed by atoms with E-state index in [0.717, 1.165) is 26.1 Å². The summed E-state index contributed by atoms with van der Waals surface area (Å²) < 4.78 is 5.62. The van der Waals surface area contributed by atoms with Gasteiger partial charge in [0.1, 0.15) is 0 Å². The van der Waals surface area contributed by atoms with Crippen molar-refractivity contribution in [1.82, 2.24) is 10.3 Å². The van der Waals surface area contributed by atoms with Crippen LogP contribution in [0.25, 0.3) is 0 Å². The smallest absolute Gasteiger partial charge is 0.0871 e. The minimum Gasteiger partial charge on any atom is -0.374 e. The van der Waals surface area contributed by atoms with E-state index >= 15 is 0 Å². The number of likely N-dealkylation sites (N-methyl/N-ethyl adjacent to an activating group) is 1. The third-order valence-electron chi connectivity index (χ3n) is 2.38. The van der Waals surface area contributed by atoms with E-state index in [0.29, 0.717) is 0 Å². The molecule has 1 saturated heterocycles. The molecule has 0 bridgehead atoms. The molecule has 3 N–H and O–H groups in total. The van der Waals surface area contributed by atoms with Gasteiger partial charge in [-0.05, 0) is 13.5 Å². The predicted molar refractivity (Wildman–Crippen MR) is 53.2 cm³/mol. The molecule has 0 radical (unpaired) electrons. The fourth-order valence-corrected chi connectivity index (χ4v) is 1.56. The maximum Gasteiger partial charge on any atom is 0.0871 e. The lowest BCUT2D eigenvalue weighted by molar-refractivity contribution is -0.0379. The molecular weight excluding hydrogens is 166 g/mol. The van der Waals surface area contributed by atoms with Gasteiger partial charge in [0.2, 0.25) is 0 Å². The number of morpholine rings is 1. The van der Waals surface area contributed by atoms with Crippen LogP contribution in [0.15, 0.2) is 12.7 Å². The molecule has 0 aliphatic carbocycles. The number of hydrogen-bond donors (Lipinski definition) is 2. The summed E-state index contributed by atoms with van der Waals surface area (Å²) in [5.41, 5.74) is 2.77. The maximum atomic E-state index is 5.62. The summed E-state index contributed by atoms with van der Waals surface area (Å²) in [7, 11) is 2.09. The standard InChI is InChI=1S/C9H19N3O/c1-3-4-8(11-10)9-7-12(2)5-6-13-9/h3,8-9,11H,1,4-7,10H2,2H3. The monoisotopic (exact) mass is 185 g/mol. The zero-order valence-electron chi connectivity index (χ0n) is 8.20. The van der Waals surface area contributed by atoms with E-state index in [1.165, 1.54) is 0 Å². The van der Waals surface area contributed by atoms with Gasteiger partial charge in [-0.2, -0.15) is 0 Å². The minimum atomic E-state index is 0.181. The third-order valence-corrected chi connectivity index (χ3v) is 2.38. The fourth-order valence-electron chi connectivity index (χ4n) is 1.56. The Balaban J connectivity index is 2.42. The normalized spacial score (nSPS) is 27.1. The van der Waals surface area contributed by atoms with Crippen LogP contribution in [0.2, 0.25) is 0 Å². The molecule has 0 amide bonds. The van der Waals surface area contributed by atoms with Crippen molar-refractivity contribution in [2.45, 2.75) is 18.6 Å². The number of nitrogens with zero attached hydrogens (tertiary/aromatic N) is 1. The van der Waals surface area contributed by atoms with Crippen LogP contribution >= 0.6 is 0 Å². The summed E-state index contributed by atoms with van der Waals surface area (Å²) >= 11 is 0. The Bertz CT molecular complexity index is 163. The Hall–Kier alpha value is -0.420. The van der Waals surface area contributed by atoms with Crippen LogP contribution in [-0.4, -0.2) is 43.8 Å². The number of nitrogens with one attached hydrogen (secondary N) is 1. The summed E-state index contributed by atoms with van der Waals surface area (Å²) in [6, 6.07) is 0.181. The molecule has 4 heteroatoms. The molecule has 0 saturated carbocycles. The second-order valence-electron chi connectivity index (χ2n) is 3.47. The number of nitrogens with two attached hydrogens (primary N) is 1. The Labute approximate surface area is 79.7 Å². The lowest BCUT2D eigenvalue weighted by atomic mass is 10.1. The first kappa shape index (κ1) is 10.7. The van der Waals surface area contributed by atoms with Gasteiger partial charge in [-0.25, -0.2) is 0 Å². The molecule has 0 aromatic heterocycles. The largest absolute Gasteiger partial charge is 0.374 e. The Morgan fingerprint density at radius 1 is 1.85 bits per heavy atom. The van der Waals surface area contributed by atoms with Gasteiger partial charge in [-0.15, -0.1) is 6.58 Å². The van der Waals surface area contributed by atoms with Gasteiger partial charge < -0.3 is 9.64 Å². The average molecular weight is 185 g/mol. The molecule has 1 rings (SSSR count). The highest BCUT2D eigenvalue weighted by molar-refractivity contribution is 4.86. The number of hydrazine groups is 1. The first-order valence-corrected chi connectivity index (χ1v) is 4.65. The van der Waals surface area contributed by atoms with Crippen molar-refractivity contribution >= 4 is 0 Å². The van der Waals surface area contributed by atoms with Crippen molar-refractivity contribution in [1.29, 1.82) is 0 Å². The highest BCUT2D eigenvalue weighted by Gasteiger charge is 2.24. The zero-order valence-corrected chi connectivity index (χ0v) is 8.20. The van der Waals surface area contributed by atoms with Gasteiger partial charge in [-0.1, -0.05) is 6.08 Å². The summed E-state index contributed by atoms with van der Waals surface area (Å²) in [4.78, 5) is 2.25. The van der Waals surface area contributed by atoms with Gasteiger partial charge in [0.15, 0.2) is 0 Å². The number of hydrogen-bond acceptors (Lipinski definition) is 4. The van der Waals surface area contributed by atoms with Crippen LogP contribution in [0.4, 0.5) is 0 Å². The van der Waals surface area contributed by atoms with E-state index in [4.69, 9.17) is 10.6 Å². The second kappa shape index (κ2) is 5.34. The molecule has 0 aromatic rings. The Morgan fingerprint density at radius 3 is 3.15 bits per heavy atom. The van der Waals surface area contributed by atoms with E-state index < -0.39 is 0 Å². The zero-order chi connectivity index (χ0) is 9.68. The second-order valence-corrected chi connectivity index (χ2v) is 3.47. The lowest BCUT2D eigenvalue weighted by Gasteiger charge is -2.34. The summed E-state index contributed by atoms with van der Waals surface area (Å²) in [5, 5.41) is 0. The SMILES string of the molecule is C=CCC(NN)C1CN(C)CCO1. The van der Waals surface area contributed by atoms with E-state index in [9.17, 15) is 0 Å². The molecule has 4 nitrogen and oxygen atoms in total. The fraction of sp³-hybridized carbons (Fsp3) is 0.778. The van der Waals surface area contributed by atoms with Crippen molar-refractivity contribution in [3.63, 3.8) is 0 Å². The lowest BCUT2D eigenvalue weighted by Crippen LogP contribution is -2.52. The molecule has 13 heavy (non-hydrogen) atoms. The molecule has 1 fully saturated rings. The van der Waals surface area contributed by atoms with Crippen molar-refractivity contribution in [3.8, 4) is 0 Å². The quantitative estimate of drug-likeness (QED) is 0.359. The van der Waals surface area contributed by atoms with Crippen LogP contribution in [0.5, 0.6) is 0 Å². The van der Waals surface area contributed by atoms with Gasteiger partial charge in [-0.3, -0.25) is 11.3 Å². The predicted octanol–water partition coefficient (Wildman–Crippen LogP) is -0.275. The highest BCUT2D eigenvalue weighted by atomic mass is 16.5. The van der Waals surface area contributed by atoms with Gasteiger partial charge in [0.25, 0.3) is 0 Å². The van der Waals surface area contributed by atoms with E-state index in [1.54, 1.807) is 0 Å². The first-order chi connectivity index (χ1) is 6.27. The van der Waals surface area contributed by atoms with Crippen molar-refractivity contribution < 1.29 is 4.74 Å². The number of rotatable bonds is 4. The highest BCUT2D eigenvalue weighted by Crippen LogP contribution is 2.09. The van der Waals surface area contributed by atoms with Crippen LogP contribution in [-0.2, 0) is 4.74 Å². The molecule has 1 heterocycles. The van der Waals surface area contributed by atoms with Gasteiger partial charge in [0.05, 0.1) is 18.8 Å². The molecule has 2 unspecified atom stereocenters. The molecule has 1 aliphatic rings. The minimum absolute atomic E-state index is 0.181. The van der Waals surface area contributed by atoms with Crippen LogP contribution < -0.4 is 11.3 Å². The van der Waals surface area contributed by atoms with E-state index in [-0.39, 0.29) is 12.1 Å². The average Bonchev–Trinajstić information content (AvgIpc) is 2.14. The topological polar surface area (TPSA) is 50.5 Å². The molecule has 0 spiro atoms. The van der Waals surface area contributed by atoms with E-state index in [1.807, 2.05) is 6.08 Å². The van der Waals surface area contributed by atoms with Crippen molar-refractivity contribution in [2.75, 3.05) is 26.7 Å². The Morgan fingerprint density at radius 2 is 2.62 bits per heavy atom. The van der Waals surface area contributed by atoms with Crippen molar-refractivity contribution in [3.05, 3.63) is 12.7 Å². The summed E-state index contributed by atoms with van der Waals surface area (Å²) in [6.45, 7) is 6.42. The van der Waals surface area contributed by atoms with Crippen LogP contribution in [0.3, 0.4) is 0 Å².